The summed E-state index contributed by atoms with van der Waals surface area (Å²) in [5.74, 6) is 0.653. The molecule has 0 aromatic rings. The Labute approximate surface area is 148 Å². The maximum Gasteiger partial charge on any atom is 0.234 e. The Bertz CT molecular complexity index is 710. The summed E-state index contributed by atoms with van der Waals surface area (Å²) in [6, 6.07) is 0. The number of ketones is 1. The van der Waals surface area contributed by atoms with Crippen LogP contribution in [-0.4, -0.2) is 21.4 Å². The van der Waals surface area contributed by atoms with E-state index in [-0.39, 0.29) is 27.5 Å². The molecule has 0 aromatic carbocycles. The van der Waals surface area contributed by atoms with Crippen molar-refractivity contribution >= 4 is 5.78 Å². The van der Waals surface area contributed by atoms with Crippen LogP contribution in [0.3, 0.4) is 0 Å². The van der Waals surface area contributed by atoms with E-state index in [0.29, 0.717) is 18.8 Å². The van der Waals surface area contributed by atoms with Crippen LogP contribution in [0.1, 0.15) is 65.2 Å². The zero-order chi connectivity index (χ0) is 18.0. The molecule has 0 spiro atoms. The van der Waals surface area contributed by atoms with E-state index in [1.807, 2.05) is 0 Å². The third-order valence-electron chi connectivity index (χ3n) is 8.26. The minimum atomic E-state index is -0.786. The summed E-state index contributed by atoms with van der Waals surface area (Å²) in [7, 11) is 0. The number of carbonyl (C=O) groups is 1. The van der Waals surface area contributed by atoms with E-state index < -0.39 is 5.60 Å². The highest BCUT2D eigenvalue weighted by Crippen LogP contribution is 2.68. The van der Waals surface area contributed by atoms with Gasteiger partial charge in [-0.25, -0.2) is 0 Å². The quantitative estimate of drug-likeness (QED) is 0.579. The van der Waals surface area contributed by atoms with Gasteiger partial charge in [0.25, 0.3) is 0 Å². The lowest BCUT2D eigenvalue weighted by atomic mass is 9.45. The smallest absolute Gasteiger partial charge is 0.234 e. The van der Waals surface area contributed by atoms with Gasteiger partial charge < -0.3 is 5.11 Å². The lowest BCUT2D eigenvalue weighted by Crippen LogP contribution is -2.62. The Kier molecular flexibility index (Phi) is 3.56. The van der Waals surface area contributed by atoms with Gasteiger partial charge in [-0.05, 0) is 68.3 Å². The number of fused-ring (bicyclic) bond motifs is 5. The van der Waals surface area contributed by atoms with Gasteiger partial charge in [0.2, 0.25) is 6.20 Å². The van der Waals surface area contributed by atoms with Crippen molar-refractivity contribution in [3.05, 3.63) is 33.5 Å². The summed E-state index contributed by atoms with van der Waals surface area (Å²) in [4.78, 5) is 22.6. The highest BCUT2D eigenvalue weighted by Gasteiger charge is 2.65. The molecule has 4 rings (SSSR count). The molecule has 5 atom stereocenters. The van der Waals surface area contributed by atoms with Crippen molar-refractivity contribution in [2.24, 2.45) is 22.7 Å². The average molecular weight is 345 g/mol. The molecule has 0 radical (unpaired) electrons. The summed E-state index contributed by atoms with van der Waals surface area (Å²) in [5, 5.41) is 22.9. The van der Waals surface area contributed by atoms with Crippen LogP contribution >= 0.6 is 0 Å². The van der Waals surface area contributed by atoms with Crippen molar-refractivity contribution in [3.63, 3.8) is 0 Å². The summed E-state index contributed by atoms with van der Waals surface area (Å²) in [6.07, 6.45) is 9.17. The summed E-state index contributed by atoms with van der Waals surface area (Å²) >= 11 is 0. The van der Waals surface area contributed by atoms with E-state index in [4.69, 9.17) is 0 Å². The molecule has 0 heterocycles. The molecular weight excluding hydrogens is 318 g/mol. The first-order chi connectivity index (χ1) is 11.7. The molecule has 5 nitrogen and oxygen atoms in total. The van der Waals surface area contributed by atoms with Crippen molar-refractivity contribution in [2.75, 3.05) is 0 Å². The molecule has 0 amide bonds. The highest BCUT2D eigenvalue weighted by molar-refractivity contribution is 5.91. The first-order valence-corrected chi connectivity index (χ1v) is 9.52. The summed E-state index contributed by atoms with van der Waals surface area (Å²) in [5.41, 5.74) is 0.818. The number of carbonyl (C=O) groups excluding carboxylic acids is 1. The standard InChI is InChI=1S/C20H27NO4/c1-18-9-10-20(23)17(16(18)5-4-14(18)12-21(24)25)6-3-13-11-15(22)7-8-19(13,20)2/h11-12,16-17,23H,3-10H2,1-2H3/b14-12-/t16-,17-,18+,19-,20+/m0/s1. The molecule has 0 saturated heterocycles. The summed E-state index contributed by atoms with van der Waals surface area (Å²) < 4.78 is 0. The molecule has 0 bridgehead atoms. The van der Waals surface area contributed by atoms with E-state index in [1.165, 1.54) is 6.20 Å². The topological polar surface area (TPSA) is 80.4 Å². The second-order valence-corrected chi connectivity index (χ2v) is 9.04. The summed E-state index contributed by atoms with van der Waals surface area (Å²) in [6.45, 7) is 4.31. The normalized spacial score (nSPS) is 47.7. The van der Waals surface area contributed by atoms with Crippen LogP contribution in [0, 0.1) is 32.8 Å². The van der Waals surface area contributed by atoms with Gasteiger partial charge in [0.1, 0.15) is 0 Å². The first kappa shape index (κ1) is 17.0. The number of rotatable bonds is 1. The van der Waals surface area contributed by atoms with E-state index in [0.717, 1.165) is 49.7 Å². The molecule has 4 aliphatic carbocycles. The van der Waals surface area contributed by atoms with Gasteiger partial charge in [0, 0.05) is 17.4 Å². The molecule has 0 aromatic heterocycles. The van der Waals surface area contributed by atoms with Gasteiger partial charge in [-0.3, -0.25) is 14.9 Å². The zero-order valence-electron chi connectivity index (χ0n) is 15.1. The number of aliphatic hydroxyl groups is 1. The lowest BCUT2D eigenvalue weighted by molar-refractivity contribution is -0.404. The SMILES string of the molecule is C[C@]12CCC(=O)C=C1CC[C@H]1[C@@H]3CC/C(=C/[N+](=O)[O-])[C@@]3(C)CC[C@@]12O. The number of nitro groups is 1. The van der Waals surface area contributed by atoms with Gasteiger partial charge in [-0.15, -0.1) is 0 Å². The number of hydrogen-bond donors (Lipinski definition) is 1. The fourth-order valence-corrected chi connectivity index (χ4v) is 6.69. The lowest BCUT2D eigenvalue weighted by Gasteiger charge is -2.62. The molecule has 5 heteroatoms. The van der Waals surface area contributed by atoms with Crippen molar-refractivity contribution in [2.45, 2.75) is 70.8 Å². The molecule has 3 saturated carbocycles. The van der Waals surface area contributed by atoms with Crippen LogP contribution in [0.15, 0.2) is 23.4 Å². The van der Waals surface area contributed by atoms with Crippen LogP contribution in [0.2, 0.25) is 0 Å². The Morgan fingerprint density at radius 2 is 1.88 bits per heavy atom. The molecule has 0 aliphatic heterocycles. The molecule has 136 valence electrons. The number of nitrogens with zero attached hydrogens (tertiary/aromatic N) is 1. The Balaban J connectivity index is 1.73. The Hall–Kier alpha value is -1.49. The van der Waals surface area contributed by atoms with Gasteiger partial charge in [0.05, 0.1) is 10.5 Å². The fraction of sp³-hybridized carbons (Fsp3) is 0.750. The number of hydrogen-bond acceptors (Lipinski definition) is 4. The van der Waals surface area contributed by atoms with Crippen LogP contribution in [0.4, 0.5) is 0 Å². The zero-order valence-corrected chi connectivity index (χ0v) is 15.1. The second kappa shape index (κ2) is 5.26. The molecule has 25 heavy (non-hydrogen) atoms. The maximum atomic E-state index is 11.9. The first-order valence-electron chi connectivity index (χ1n) is 9.52. The number of allylic oxidation sites excluding steroid dienone is 1. The van der Waals surface area contributed by atoms with Gasteiger partial charge in [-0.2, -0.15) is 0 Å². The van der Waals surface area contributed by atoms with Crippen LogP contribution in [-0.2, 0) is 4.79 Å². The highest BCUT2D eigenvalue weighted by atomic mass is 16.6. The van der Waals surface area contributed by atoms with E-state index in [1.54, 1.807) is 6.08 Å². The minimum absolute atomic E-state index is 0.161. The van der Waals surface area contributed by atoms with Crippen LogP contribution in [0.5, 0.6) is 0 Å². The predicted octanol–water partition coefficient (Wildman–Crippen LogP) is 3.79. The minimum Gasteiger partial charge on any atom is -0.389 e. The van der Waals surface area contributed by atoms with E-state index in [9.17, 15) is 20.0 Å². The van der Waals surface area contributed by atoms with Crippen LogP contribution in [0.25, 0.3) is 0 Å². The molecule has 3 fully saturated rings. The van der Waals surface area contributed by atoms with Gasteiger partial charge in [0.15, 0.2) is 5.78 Å². The van der Waals surface area contributed by atoms with E-state index >= 15 is 0 Å². The van der Waals surface area contributed by atoms with Gasteiger partial charge in [-0.1, -0.05) is 19.4 Å². The monoisotopic (exact) mass is 345 g/mol. The maximum absolute atomic E-state index is 11.9. The van der Waals surface area contributed by atoms with Crippen molar-refractivity contribution in [1.29, 1.82) is 0 Å². The molecule has 1 N–H and O–H groups in total. The second-order valence-electron chi connectivity index (χ2n) is 9.04. The third-order valence-corrected chi connectivity index (χ3v) is 8.26. The van der Waals surface area contributed by atoms with Crippen molar-refractivity contribution in [3.8, 4) is 0 Å². The Morgan fingerprint density at radius 1 is 1.16 bits per heavy atom. The molecule has 4 aliphatic rings. The third kappa shape index (κ3) is 2.14. The molecular formula is C20H27NO4. The van der Waals surface area contributed by atoms with Crippen molar-refractivity contribution in [1.82, 2.24) is 0 Å². The Morgan fingerprint density at radius 3 is 2.60 bits per heavy atom. The molecule has 0 unspecified atom stereocenters. The van der Waals surface area contributed by atoms with Gasteiger partial charge >= 0.3 is 0 Å². The fourth-order valence-electron chi connectivity index (χ4n) is 6.69. The predicted molar refractivity (Wildman–Crippen MR) is 93.2 cm³/mol. The average Bonchev–Trinajstić information content (AvgIpc) is 2.86. The largest absolute Gasteiger partial charge is 0.389 e. The van der Waals surface area contributed by atoms with Crippen molar-refractivity contribution < 1.29 is 14.8 Å². The van der Waals surface area contributed by atoms with Crippen LogP contribution < -0.4 is 0 Å². The van der Waals surface area contributed by atoms with E-state index in [2.05, 4.69) is 13.8 Å².